The van der Waals surface area contributed by atoms with Gasteiger partial charge in [0.05, 0.1) is 12.7 Å². The van der Waals surface area contributed by atoms with Gasteiger partial charge in [-0.25, -0.2) is 0 Å². The average molecular weight is 198 g/mol. The highest BCUT2D eigenvalue weighted by molar-refractivity contribution is 8.27. The molecule has 1 N–H and O–H groups in total. The molecule has 0 aromatic heterocycles. The van der Waals surface area contributed by atoms with E-state index < -0.39 is 9.05 Å². The van der Waals surface area contributed by atoms with E-state index in [1.807, 2.05) is 0 Å². The minimum Gasteiger partial charge on any atom is -0.376 e. The first-order valence-electron chi connectivity index (χ1n) is 3.31. The lowest BCUT2D eigenvalue weighted by atomic mass is 10.2. The lowest BCUT2D eigenvalue weighted by Gasteiger charge is -2.07. The monoisotopic (exact) mass is 198 g/mol. The molecule has 0 amide bonds. The second-order valence-corrected chi connectivity index (χ2v) is 4.70. The lowest BCUT2D eigenvalue weighted by molar-refractivity contribution is 0.0691. The third kappa shape index (κ3) is 3.97. The highest BCUT2D eigenvalue weighted by Gasteiger charge is 2.17. The molecule has 0 radical (unpaired) electrons. The van der Waals surface area contributed by atoms with Gasteiger partial charge in [0.25, 0.3) is 9.05 Å². The Morgan fingerprint density at radius 1 is 1.82 bits per heavy atom. The summed E-state index contributed by atoms with van der Waals surface area (Å²) < 4.78 is 28.6. The van der Waals surface area contributed by atoms with E-state index >= 15 is 0 Å². The van der Waals surface area contributed by atoms with Gasteiger partial charge in [-0.05, 0) is 12.8 Å². The van der Waals surface area contributed by atoms with E-state index in [1.54, 1.807) is 0 Å². The minimum atomic E-state index is -3.46. The molecular weight excluding hydrogens is 188 g/mol. The van der Waals surface area contributed by atoms with Crippen LogP contribution in [0, 0.1) is 0 Å². The molecule has 0 aromatic carbocycles. The van der Waals surface area contributed by atoms with Gasteiger partial charge in [-0.3, -0.25) is 8.74 Å². The molecule has 1 aliphatic rings. The van der Waals surface area contributed by atoms with Crippen LogP contribution < -0.4 is 0 Å². The number of ether oxygens (including phenoxy) is 1. The molecule has 0 spiro atoms. The fraction of sp³-hybridized carbons (Fsp3) is 1.00. The van der Waals surface area contributed by atoms with E-state index in [0.717, 1.165) is 12.8 Å². The Morgan fingerprint density at radius 3 is 3.00 bits per heavy atom. The van der Waals surface area contributed by atoms with E-state index in [2.05, 4.69) is 15.4 Å². The Kier molecular flexibility index (Phi) is 3.20. The van der Waals surface area contributed by atoms with Crippen molar-refractivity contribution in [3.05, 3.63) is 0 Å². The van der Waals surface area contributed by atoms with E-state index in [9.17, 15) is 4.21 Å². The van der Waals surface area contributed by atoms with Gasteiger partial charge < -0.3 is 4.74 Å². The van der Waals surface area contributed by atoms with Gasteiger partial charge >= 0.3 is 0 Å². The van der Waals surface area contributed by atoms with Crippen molar-refractivity contribution in [3.63, 3.8) is 0 Å². The van der Waals surface area contributed by atoms with E-state index in [0.29, 0.717) is 6.61 Å². The van der Waals surface area contributed by atoms with Crippen LogP contribution in [-0.2, 0) is 29.2 Å². The number of hydrogen-bond donors (Lipinski definition) is 1. The van der Waals surface area contributed by atoms with E-state index in [-0.39, 0.29) is 12.7 Å². The summed E-state index contributed by atoms with van der Waals surface area (Å²) in [6.07, 6.45) is 1.81. The predicted molar refractivity (Wildman–Crippen MR) is 43.1 cm³/mol. The van der Waals surface area contributed by atoms with Crippen LogP contribution in [0.1, 0.15) is 12.8 Å². The molecule has 4 nitrogen and oxygen atoms in total. The minimum absolute atomic E-state index is 0.0501. The molecule has 2 unspecified atom stereocenters. The van der Waals surface area contributed by atoms with Crippen molar-refractivity contribution < 1.29 is 17.7 Å². The Morgan fingerprint density at radius 2 is 2.55 bits per heavy atom. The van der Waals surface area contributed by atoms with Crippen molar-refractivity contribution in [2.24, 2.45) is 0 Å². The first-order valence-corrected chi connectivity index (χ1v) is 5.68. The molecule has 0 bridgehead atoms. The summed E-state index contributed by atoms with van der Waals surface area (Å²) in [4.78, 5) is 0. The molecule has 11 heavy (non-hydrogen) atoms. The van der Waals surface area contributed by atoms with Crippen molar-refractivity contribution in [2.75, 3.05) is 13.2 Å². The summed E-state index contributed by atoms with van der Waals surface area (Å²) >= 11 is 4.13. The Balaban J connectivity index is 2.22. The summed E-state index contributed by atoms with van der Waals surface area (Å²) in [7, 11) is -3.46. The van der Waals surface area contributed by atoms with Crippen molar-refractivity contribution in [1.29, 1.82) is 0 Å². The normalized spacial score (nSPS) is 30.1. The number of rotatable bonds is 3. The first kappa shape index (κ1) is 9.34. The van der Waals surface area contributed by atoms with Gasteiger partial charge in [-0.2, -0.15) is 4.21 Å². The zero-order valence-electron chi connectivity index (χ0n) is 5.89. The summed E-state index contributed by atoms with van der Waals surface area (Å²) in [5.41, 5.74) is 0. The van der Waals surface area contributed by atoms with E-state index in [4.69, 9.17) is 9.29 Å². The molecule has 0 aromatic rings. The van der Waals surface area contributed by atoms with Gasteiger partial charge in [0.1, 0.15) is 0 Å². The largest absolute Gasteiger partial charge is 0.376 e. The van der Waals surface area contributed by atoms with Gasteiger partial charge in [-0.15, -0.1) is 0 Å². The third-order valence-corrected chi connectivity index (χ3v) is 2.15. The third-order valence-electron chi connectivity index (χ3n) is 1.43. The van der Waals surface area contributed by atoms with Crippen LogP contribution in [-0.4, -0.2) is 28.1 Å². The highest BCUT2D eigenvalue weighted by atomic mass is 32.9. The van der Waals surface area contributed by atoms with Crippen LogP contribution in [0.5, 0.6) is 0 Å². The summed E-state index contributed by atoms with van der Waals surface area (Å²) in [6.45, 7) is 0.830. The van der Waals surface area contributed by atoms with Crippen LogP contribution in [0.25, 0.3) is 0 Å². The molecular formula is C5H10O4S2. The van der Waals surface area contributed by atoms with Crippen LogP contribution >= 0.6 is 0 Å². The molecule has 1 heterocycles. The maximum atomic E-state index is 10.4. The van der Waals surface area contributed by atoms with Gasteiger partial charge in [-0.1, -0.05) is 0 Å². The van der Waals surface area contributed by atoms with Crippen molar-refractivity contribution in [1.82, 2.24) is 0 Å². The van der Waals surface area contributed by atoms with Crippen molar-refractivity contribution >= 4 is 20.2 Å². The second-order valence-electron chi connectivity index (χ2n) is 2.35. The standard InChI is InChI=1S/C5H10O4S2/c6-11(7,10)9-4-5-2-1-3-8-5/h5H,1-4H2,(H,6,7,10). The first-order chi connectivity index (χ1) is 5.08. The SMILES string of the molecule is O=S(O)(=S)OCC1CCCO1. The number of hydrogen-bond acceptors (Lipinski definition) is 4. The molecule has 1 aliphatic heterocycles. The average Bonchev–Trinajstić information content (AvgIpc) is 2.32. The molecule has 1 saturated heterocycles. The summed E-state index contributed by atoms with van der Waals surface area (Å²) in [5, 5.41) is 0. The second kappa shape index (κ2) is 3.77. The van der Waals surface area contributed by atoms with Gasteiger partial charge in [0.2, 0.25) is 0 Å². The van der Waals surface area contributed by atoms with Crippen molar-refractivity contribution in [2.45, 2.75) is 18.9 Å². The van der Waals surface area contributed by atoms with Crippen LogP contribution in [0.2, 0.25) is 0 Å². The lowest BCUT2D eigenvalue weighted by Crippen LogP contribution is -2.16. The fourth-order valence-electron chi connectivity index (χ4n) is 0.938. The quantitative estimate of drug-likeness (QED) is 0.707. The fourth-order valence-corrected chi connectivity index (χ4v) is 1.43. The molecule has 0 aliphatic carbocycles. The molecule has 1 fully saturated rings. The predicted octanol–water partition coefficient (Wildman–Crippen LogP) is 0.316. The zero-order valence-corrected chi connectivity index (χ0v) is 7.53. The summed E-state index contributed by atoms with van der Waals surface area (Å²) in [5.74, 6) is 0. The molecule has 6 heteroatoms. The van der Waals surface area contributed by atoms with E-state index in [1.165, 1.54) is 0 Å². The Bertz CT molecular complexity index is 205. The topological polar surface area (TPSA) is 55.8 Å². The molecule has 66 valence electrons. The van der Waals surface area contributed by atoms with Crippen LogP contribution in [0.15, 0.2) is 0 Å². The van der Waals surface area contributed by atoms with Crippen LogP contribution in [0.3, 0.4) is 0 Å². The van der Waals surface area contributed by atoms with Gasteiger partial charge in [0, 0.05) is 17.8 Å². The van der Waals surface area contributed by atoms with Crippen molar-refractivity contribution in [3.8, 4) is 0 Å². The van der Waals surface area contributed by atoms with Crippen LogP contribution in [0.4, 0.5) is 0 Å². The Hall–Kier alpha value is 0.250. The summed E-state index contributed by atoms with van der Waals surface area (Å²) in [6, 6.07) is 0. The van der Waals surface area contributed by atoms with Gasteiger partial charge in [0.15, 0.2) is 0 Å². The maximum Gasteiger partial charge on any atom is 0.266 e. The molecule has 0 saturated carbocycles. The highest BCUT2D eigenvalue weighted by Crippen LogP contribution is 2.12. The zero-order chi connectivity index (χ0) is 8.32. The smallest absolute Gasteiger partial charge is 0.266 e. The Labute approximate surface area is 70.6 Å². The molecule has 1 rings (SSSR count). The maximum absolute atomic E-state index is 10.4. The molecule has 2 atom stereocenters.